The van der Waals surface area contributed by atoms with Crippen LogP contribution in [0.5, 0.6) is 0 Å². The second kappa shape index (κ2) is 7.33. The zero-order chi connectivity index (χ0) is 14.6. The van der Waals surface area contributed by atoms with Gasteiger partial charge in [-0.1, -0.05) is 69.6 Å². The molecule has 0 N–H and O–H groups in total. The molecule has 3 heteroatoms. The molecule has 0 aliphatic carbocycles. The van der Waals surface area contributed by atoms with E-state index in [1.165, 1.54) is 10.0 Å². The highest BCUT2D eigenvalue weighted by atomic mass is 79.9. The van der Waals surface area contributed by atoms with Gasteiger partial charge in [0.05, 0.1) is 0 Å². The van der Waals surface area contributed by atoms with Gasteiger partial charge in [0.1, 0.15) is 7.22 Å². The molecule has 0 aromatic heterocycles. The fourth-order valence-corrected chi connectivity index (χ4v) is 13.4. The van der Waals surface area contributed by atoms with Crippen molar-refractivity contribution < 1.29 is 0 Å². The molecule has 0 aliphatic heterocycles. The van der Waals surface area contributed by atoms with Crippen molar-refractivity contribution in [2.75, 3.05) is 0 Å². The summed E-state index contributed by atoms with van der Waals surface area (Å²) in [5.74, 6) is 1.16. The molecule has 0 aliphatic rings. The quantitative estimate of drug-likeness (QED) is 0.500. The highest BCUT2D eigenvalue weighted by Gasteiger charge is 2.43. The third-order valence-electron chi connectivity index (χ3n) is 4.11. The standard InChI is InChI=1S/C16H27BrSSi/c1-12(2)19(13(3)4,14(5)6)18-11-15-7-9-16(17)10-8-15/h7-10,12-14H,11H2,1-6H3. The zero-order valence-electron chi connectivity index (χ0n) is 13.0. The lowest BCUT2D eigenvalue weighted by Gasteiger charge is -2.42. The van der Waals surface area contributed by atoms with E-state index >= 15 is 0 Å². The molecule has 0 atom stereocenters. The Hall–Kier alpha value is 0.267. The van der Waals surface area contributed by atoms with Gasteiger partial charge >= 0.3 is 0 Å². The van der Waals surface area contributed by atoms with Gasteiger partial charge in [-0.15, -0.1) is 0 Å². The van der Waals surface area contributed by atoms with Crippen LogP contribution >= 0.6 is 27.1 Å². The molecule has 0 heterocycles. The van der Waals surface area contributed by atoms with E-state index in [1.54, 1.807) is 0 Å². The number of rotatable bonds is 6. The van der Waals surface area contributed by atoms with Crippen molar-refractivity contribution >= 4 is 34.4 Å². The van der Waals surface area contributed by atoms with Crippen molar-refractivity contribution in [1.82, 2.24) is 0 Å². The second-order valence-corrected chi connectivity index (χ2v) is 15.9. The van der Waals surface area contributed by atoms with Crippen LogP contribution in [0.25, 0.3) is 0 Å². The van der Waals surface area contributed by atoms with E-state index in [-0.39, 0.29) is 0 Å². The number of hydrogen-bond acceptors (Lipinski definition) is 1. The van der Waals surface area contributed by atoms with Crippen LogP contribution in [-0.4, -0.2) is 7.22 Å². The number of benzene rings is 1. The third kappa shape index (κ3) is 4.12. The first-order chi connectivity index (χ1) is 8.80. The lowest BCUT2D eigenvalue weighted by Crippen LogP contribution is -2.41. The minimum Gasteiger partial charge on any atom is -0.180 e. The van der Waals surface area contributed by atoms with E-state index in [2.05, 4.69) is 92.9 Å². The van der Waals surface area contributed by atoms with Crippen LogP contribution < -0.4 is 0 Å². The fraction of sp³-hybridized carbons (Fsp3) is 0.625. The summed E-state index contributed by atoms with van der Waals surface area (Å²) in [6.07, 6.45) is 0. The normalized spacial score (nSPS) is 12.7. The Bertz CT molecular complexity index is 362. The number of hydrogen-bond donors (Lipinski definition) is 0. The molecule has 0 amide bonds. The molecular formula is C16H27BrSSi. The first kappa shape index (κ1) is 17.3. The van der Waals surface area contributed by atoms with E-state index < -0.39 is 7.22 Å². The van der Waals surface area contributed by atoms with Crippen molar-refractivity contribution in [2.24, 2.45) is 0 Å². The second-order valence-electron chi connectivity index (χ2n) is 6.23. The van der Waals surface area contributed by atoms with Gasteiger partial charge in [0.25, 0.3) is 0 Å². The summed E-state index contributed by atoms with van der Waals surface area (Å²) in [6.45, 7) is 14.6. The van der Waals surface area contributed by atoms with E-state index in [9.17, 15) is 0 Å². The van der Waals surface area contributed by atoms with Crippen molar-refractivity contribution in [2.45, 2.75) is 63.9 Å². The lowest BCUT2D eigenvalue weighted by molar-refractivity contribution is 0.851. The molecule has 1 aromatic rings. The molecule has 0 bridgehead atoms. The third-order valence-corrected chi connectivity index (χ3v) is 17.2. The smallest absolute Gasteiger partial charge is 0.125 e. The largest absolute Gasteiger partial charge is 0.180 e. The first-order valence-corrected chi connectivity index (χ1v) is 11.9. The molecule has 0 saturated heterocycles. The Morgan fingerprint density at radius 1 is 0.895 bits per heavy atom. The summed E-state index contributed by atoms with van der Waals surface area (Å²) in [5.41, 5.74) is 3.93. The fourth-order valence-electron chi connectivity index (χ4n) is 3.29. The Kier molecular flexibility index (Phi) is 6.68. The topological polar surface area (TPSA) is 0 Å². The highest BCUT2D eigenvalue weighted by Crippen LogP contribution is 2.50. The minimum atomic E-state index is -1.32. The Labute approximate surface area is 132 Å². The molecule has 0 fully saturated rings. The van der Waals surface area contributed by atoms with Crippen LogP contribution in [0.3, 0.4) is 0 Å². The molecule has 1 rings (SSSR count). The van der Waals surface area contributed by atoms with Crippen molar-refractivity contribution in [3.63, 3.8) is 0 Å². The van der Waals surface area contributed by atoms with E-state index in [1.807, 2.05) is 0 Å². The van der Waals surface area contributed by atoms with Gasteiger partial charge in [-0.3, -0.25) is 0 Å². The van der Waals surface area contributed by atoms with Gasteiger partial charge in [0.15, 0.2) is 0 Å². The Balaban J connectivity index is 2.87. The molecule has 19 heavy (non-hydrogen) atoms. The molecule has 0 saturated carbocycles. The summed E-state index contributed by atoms with van der Waals surface area (Å²) >= 11 is 5.78. The van der Waals surface area contributed by atoms with Crippen molar-refractivity contribution in [1.29, 1.82) is 0 Å². The average Bonchev–Trinajstić information content (AvgIpc) is 2.30. The van der Waals surface area contributed by atoms with Gasteiger partial charge in [0.2, 0.25) is 0 Å². The van der Waals surface area contributed by atoms with Gasteiger partial charge in [0, 0.05) is 10.2 Å². The van der Waals surface area contributed by atoms with Crippen LogP contribution in [0.2, 0.25) is 16.6 Å². The Morgan fingerprint density at radius 3 is 1.68 bits per heavy atom. The molecule has 0 nitrogen and oxygen atoms in total. The molecule has 1 aromatic carbocycles. The average molecular weight is 359 g/mol. The van der Waals surface area contributed by atoms with Crippen LogP contribution in [0, 0.1) is 0 Å². The molecule has 0 unspecified atom stereocenters. The van der Waals surface area contributed by atoms with Crippen LogP contribution in [-0.2, 0) is 5.75 Å². The van der Waals surface area contributed by atoms with Gasteiger partial charge < -0.3 is 0 Å². The first-order valence-electron chi connectivity index (χ1n) is 7.19. The zero-order valence-corrected chi connectivity index (χ0v) is 16.4. The van der Waals surface area contributed by atoms with Crippen LogP contribution in [0.4, 0.5) is 0 Å². The minimum absolute atomic E-state index is 0.827. The summed E-state index contributed by atoms with van der Waals surface area (Å²) < 4.78 is 1.17. The predicted octanol–water partition coefficient (Wildman–Crippen LogP) is 6.86. The molecular weight excluding hydrogens is 332 g/mol. The van der Waals surface area contributed by atoms with Crippen molar-refractivity contribution in [3.05, 3.63) is 34.3 Å². The number of halogens is 1. The maximum atomic E-state index is 3.51. The monoisotopic (exact) mass is 358 g/mol. The van der Waals surface area contributed by atoms with E-state index in [0.29, 0.717) is 0 Å². The van der Waals surface area contributed by atoms with Crippen LogP contribution in [0.15, 0.2) is 28.7 Å². The summed E-state index contributed by atoms with van der Waals surface area (Å²) in [4.78, 5) is 0. The van der Waals surface area contributed by atoms with Gasteiger partial charge in [-0.25, -0.2) is 0 Å². The van der Waals surface area contributed by atoms with E-state index in [0.717, 1.165) is 22.4 Å². The van der Waals surface area contributed by atoms with Crippen molar-refractivity contribution in [3.8, 4) is 0 Å². The Morgan fingerprint density at radius 2 is 1.32 bits per heavy atom. The summed E-state index contributed by atoms with van der Waals surface area (Å²) in [7, 11) is -1.32. The predicted molar refractivity (Wildman–Crippen MR) is 96.5 cm³/mol. The molecule has 0 spiro atoms. The SMILES string of the molecule is CC(C)[Si](SCc1ccc(Br)cc1)(C(C)C)C(C)C. The van der Waals surface area contributed by atoms with E-state index in [4.69, 9.17) is 0 Å². The van der Waals surface area contributed by atoms with Gasteiger partial charge in [-0.2, -0.15) is 11.2 Å². The maximum Gasteiger partial charge on any atom is 0.125 e. The molecule has 0 radical (unpaired) electrons. The highest BCUT2D eigenvalue weighted by molar-refractivity contribution is 9.10. The van der Waals surface area contributed by atoms with Gasteiger partial charge in [-0.05, 0) is 34.3 Å². The van der Waals surface area contributed by atoms with Crippen LogP contribution in [0.1, 0.15) is 47.1 Å². The molecule has 108 valence electrons. The summed E-state index contributed by atoms with van der Waals surface area (Å²) in [6, 6.07) is 8.80. The summed E-state index contributed by atoms with van der Waals surface area (Å²) in [5, 5.41) is 0. The lowest BCUT2D eigenvalue weighted by atomic mass is 10.2. The maximum absolute atomic E-state index is 3.51.